The number of nitrogens with zero attached hydrogens (tertiary/aromatic N) is 1. The molecule has 0 spiro atoms. The van der Waals surface area contributed by atoms with E-state index in [-0.39, 0.29) is 0 Å². The fourth-order valence-electron chi connectivity index (χ4n) is 3.04. The van der Waals surface area contributed by atoms with Crippen LogP contribution in [0.1, 0.15) is 38.2 Å². The van der Waals surface area contributed by atoms with Crippen LogP contribution in [0.5, 0.6) is 0 Å². The molecular weight excluding hydrogens is 284 g/mol. The van der Waals surface area contributed by atoms with Crippen molar-refractivity contribution in [3.8, 4) is 0 Å². The molecule has 1 atom stereocenters. The van der Waals surface area contributed by atoms with Gasteiger partial charge in [-0.15, -0.1) is 0 Å². The van der Waals surface area contributed by atoms with E-state index in [2.05, 4.69) is 35.3 Å². The highest BCUT2D eigenvalue weighted by Crippen LogP contribution is 2.32. The van der Waals surface area contributed by atoms with E-state index >= 15 is 0 Å². The summed E-state index contributed by atoms with van der Waals surface area (Å²) in [5.74, 6) is 0. The Kier molecular flexibility index (Phi) is 6.81. The number of piperidine rings is 1. The molecule has 118 valence electrons. The molecule has 0 radical (unpaired) electrons. The smallest absolute Gasteiger partial charge is 0.0642 e. The highest BCUT2D eigenvalue weighted by atomic mass is 35.5. The summed E-state index contributed by atoms with van der Waals surface area (Å²) in [6.07, 6.45) is 5.09. The Labute approximate surface area is 133 Å². The van der Waals surface area contributed by atoms with Crippen LogP contribution in [0.25, 0.3) is 0 Å². The van der Waals surface area contributed by atoms with E-state index in [4.69, 9.17) is 16.3 Å². The Hall–Kier alpha value is -0.770. The monoisotopic (exact) mass is 310 g/mol. The van der Waals surface area contributed by atoms with E-state index in [9.17, 15) is 0 Å². The van der Waals surface area contributed by atoms with E-state index in [1.54, 1.807) is 7.11 Å². The van der Waals surface area contributed by atoms with Gasteiger partial charge in [0.2, 0.25) is 0 Å². The Morgan fingerprint density at radius 3 is 2.95 bits per heavy atom. The lowest BCUT2D eigenvalue weighted by Crippen LogP contribution is -2.39. The van der Waals surface area contributed by atoms with Crippen LogP contribution in [0.15, 0.2) is 18.2 Å². The van der Waals surface area contributed by atoms with Gasteiger partial charge in [-0.25, -0.2) is 0 Å². The zero-order chi connectivity index (χ0) is 15.1. The van der Waals surface area contributed by atoms with Crippen molar-refractivity contribution in [2.75, 3.05) is 31.7 Å². The van der Waals surface area contributed by atoms with Crippen LogP contribution in [0.4, 0.5) is 5.69 Å². The van der Waals surface area contributed by atoms with Crippen LogP contribution in [-0.2, 0) is 11.3 Å². The number of hydrogen-bond donors (Lipinski definition) is 1. The lowest BCUT2D eigenvalue weighted by atomic mass is 9.99. The molecule has 1 fully saturated rings. The van der Waals surface area contributed by atoms with E-state index in [1.807, 2.05) is 0 Å². The van der Waals surface area contributed by atoms with Crippen molar-refractivity contribution >= 4 is 17.3 Å². The van der Waals surface area contributed by atoms with Gasteiger partial charge in [0.15, 0.2) is 0 Å². The van der Waals surface area contributed by atoms with Gasteiger partial charge >= 0.3 is 0 Å². The standard InChI is InChI=1S/C17H27ClN2O/c1-3-15-6-4-5-10-20(15)17-8-7-14(12-16(17)18)13-19-9-11-21-2/h7-8,12,15,19H,3-6,9-11,13H2,1-2H3. The first-order chi connectivity index (χ1) is 10.3. The molecule has 1 unspecified atom stereocenters. The third-order valence-corrected chi connectivity index (χ3v) is 4.53. The van der Waals surface area contributed by atoms with E-state index in [0.717, 1.165) is 31.3 Å². The fraction of sp³-hybridized carbons (Fsp3) is 0.647. The molecule has 1 aliphatic heterocycles. The molecule has 0 aliphatic carbocycles. The summed E-state index contributed by atoms with van der Waals surface area (Å²) in [6, 6.07) is 7.10. The van der Waals surface area contributed by atoms with E-state index in [1.165, 1.54) is 36.9 Å². The van der Waals surface area contributed by atoms with Gasteiger partial charge in [-0.3, -0.25) is 0 Å². The lowest BCUT2D eigenvalue weighted by molar-refractivity contribution is 0.199. The van der Waals surface area contributed by atoms with Gasteiger partial charge in [-0.2, -0.15) is 0 Å². The number of nitrogens with one attached hydrogen (secondary N) is 1. The van der Waals surface area contributed by atoms with Crippen molar-refractivity contribution in [2.24, 2.45) is 0 Å². The average Bonchev–Trinajstić information content (AvgIpc) is 2.52. The van der Waals surface area contributed by atoms with E-state index < -0.39 is 0 Å². The van der Waals surface area contributed by atoms with Gasteiger partial charge in [0, 0.05) is 32.8 Å². The number of halogens is 1. The van der Waals surface area contributed by atoms with Crippen LogP contribution in [-0.4, -0.2) is 32.8 Å². The molecule has 1 N–H and O–H groups in total. The largest absolute Gasteiger partial charge is 0.383 e. The first-order valence-corrected chi connectivity index (χ1v) is 8.38. The molecule has 4 heteroatoms. The van der Waals surface area contributed by atoms with Crippen molar-refractivity contribution in [3.05, 3.63) is 28.8 Å². The van der Waals surface area contributed by atoms with Gasteiger partial charge < -0.3 is 15.0 Å². The number of methoxy groups -OCH3 is 1. The molecule has 2 rings (SSSR count). The second-order valence-corrected chi connectivity index (χ2v) is 6.11. The van der Waals surface area contributed by atoms with Crippen LogP contribution >= 0.6 is 11.6 Å². The van der Waals surface area contributed by atoms with Crippen LogP contribution in [0.2, 0.25) is 5.02 Å². The highest BCUT2D eigenvalue weighted by molar-refractivity contribution is 6.33. The first-order valence-electron chi connectivity index (χ1n) is 8.01. The first kappa shape index (κ1) is 16.6. The maximum atomic E-state index is 6.53. The zero-order valence-electron chi connectivity index (χ0n) is 13.2. The number of ether oxygens (including phenoxy) is 1. The van der Waals surface area contributed by atoms with Crippen molar-refractivity contribution in [1.29, 1.82) is 0 Å². The van der Waals surface area contributed by atoms with Crippen LogP contribution in [0.3, 0.4) is 0 Å². The maximum Gasteiger partial charge on any atom is 0.0642 e. The lowest BCUT2D eigenvalue weighted by Gasteiger charge is -2.37. The number of anilines is 1. The summed E-state index contributed by atoms with van der Waals surface area (Å²) in [5.41, 5.74) is 2.42. The van der Waals surface area contributed by atoms with E-state index in [0.29, 0.717) is 6.04 Å². The molecule has 1 aromatic carbocycles. The van der Waals surface area contributed by atoms with Crippen molar-refractivity contribution in [1.82, 2.24) is 5.32 Å². The zero-order valence-corrected chi connectivity index (χ0v) is 14.0. The third-order valence-electron chi connectivity index (χ3n) is 4.23. The molecule has 0 bridgehead atoms. The normalized spacial score (nSPS) is 19.0. The maximum absolute atomic E-state index is 6.53. The SMILES string of the molecule is CCC1CCCCN1c1ccc(CNCCOC)cc1Cl. The number of benzene rings is 1. The Morgan fingerprint density at radius 1 is 1.38 bits per heavy atom. The topological polar surface area (TPSA) is 24.5 Å². The molecule has 1 heterocycles. The molecular formula is C17H27ClN2O. The Bertz CT molecular complexity index is 439. The minimum Gasteiger partial charge on any atom is -0.383 e. The molecule has 3 nitrogen and oxygen atoms in total. The van der Waals surface area contributed by atoms with Crippen molar-refractivity contribution < 1.29 is 4.74 Å². The Balaban J connectivity index is 2.01. The number of hydrogen-bond acceptors (Lipinski definition) is 3. The summed E-state index contributed by atoms with van der Waals surface area (Å²) >= 11 is 6.53. The summed E-state index contributed by atoms with van der Waals surface area (Å²) in [4.78, 5) is 2.49. The average molecular weight is 311 g/mol. The number of rotatable bonds is 7. The van der Waals surface area contributed by atoms with Crippen LogP contribution < -0.4 is 10.2 Å². The van der Waals surface area contributed by atoms with Crippen molar-refractivity contribution in [3.63, 3.8) is 0 Å². The molecule has 21 heavy (non-hydrogen) atoms. The third kappa shape index (κ3) is 4.60. The van der Waals surface area contributed by atoms with Gasteiger partial charge in [-0.05, 0) is 43.4 Å². The molecule has 0 aromatic heterocycles. The summed E-state index contributed by atoms with van der Waals surface area (Å²) in [7, 11) is 1.72. The highest BCUT2D eigenvalue weighted by Gasteiger charge is 2.22. The molecule has 0 amide bonds. The summed E-state index contributed by atoms with van der Waals surface area (Å²) in [6.45, 7) is 5.83. The van der Waals surface area contributed by atoms with Gasteiger partial charge in [0.25, 0.3) is 0 Å². The quantitative estimate of drug-likeness (QED) is 0.774. The predicted octanol–water partition coefficient (Wildman–Crippen LogP) is 3.84. The second-order valence-electron chi connectivity index (χ2n) is 5.71. The second kappa shape index (κ2) is 8.62. The Morgan fingerprint density at radius 2 is 2.24 bits per heavy atom. The molecule has 0 saturated carbocycles. The minimum atomic E-state index is 0.641. The van der Waals surface area contributed by atoms with Gasteiger partial charge in [0.1, 0.15) is 0 Å². The molecule has 1 aliphatic rings. The summed E-state index contributed by atoms with van der Waals surface area (Å²) < 4.78 is 5.03. The van der Waals surface area contributed by atoms with Crippen LogP contribution in [0, 0.1) is 0 Å². The minimum absolute atomic E-state index is 0.641. The fourth-order valence-corrected chi connectivity index (χ4v) is 3.35. The molecule has 1 aromatic rings. The van der Waals surface area contributed by atoms with Gasteiger partial charge in [-0.1, -0.05) is 24.6 Å². The summed E-state index contributed by atoms with van der Waals surface area (Å²) in [5, 5.41) is 4.23. The predicted molar refractivity (Wildman–Crippen MR) is 90.3 cm³/mol. The molecule has 1 saturated heterocycles. The van der Waals surface area contributed by atoms with Gasteiger partial charge in [0.05, 0.1) is 17.3 Å². The van der Waals surface area contributed by atoms with Crippen molar-refractivity contribution in [2.45, 2.75) is 45.2 Å².